The zero-order valence-electron chi connectivity index (χ0n) is 13.5. The molecule has 0 atom stereocenters. The molecule has 25 heavy (non-hydrogen) atoms. The first-order chi connectivity index (χ1) is 12.0. The Balaban J connectivity index is 1.83. The lowest BCUT2D eigenvalue weighted by atomic mass is 10.1. The lowest BCUT2D eigenvalue weighted by molar-refractivity contribution is -0.117. The predicted molar refractivity (Wildman–Crippen MR) is 90.5 cm³/mol. The summed E-state index contributed by atoms with van der Waals surface area (Å²) in [6.45, 7) is 0.987. The third-order valence-electron chi connectivity index (χ3n) is 3.86. The molecular weight excluding hydrogens is 352 g/mol. The highest BCUT2D eigenvalue weighted by molar-refractivity contribution is 6.32. The van der Waals surface area contributed by atoms with E-state index in [4.69, 9.17) is 21.1 Å². The summed E-state index contributed by atoms with van der Waals surface area (Å²) in [7, 11) is 1.33. The zero-order valence-corrected chi connectivity index (χ0v) is 14.3. The van der Waals surface area contributed by atoms with Crippen molar-refractivity contribution in [3.63, 3.8) is 0 Å². The van der Waals surface area contributed by atoms with Gasteiger partial charge in [0.05, 0.1) is 24.7 Å². The third-order valence-corrected chi connectivity index (χ3v) is 4.15. The average molecular weight is 368 g/mol. The van der Waals surface area contributed by atoms with Crippen molar-refractivity contribution < 1.29 is 23.0 Å². The molecule has 0 N–H and O–H groups in total. The highest BCUT2D eigenvalue weighted by Gasteiger charge is 2.21. The molecule has 0 saturated heterocycles. The van der Waals surface area contributed by atoms with E-state index < -0.39 is 17.5 Å². The van der Waals surface area contributed by atoms with Crippen LogP contribution in [-0.4, -0.2) is 26.2 Å². The first-order valence-corrected chi connectivity index (χ1v) is 8.13. The number of likely N-dealkylation sites (N-methyl/N-ethyl adjacent to an activating group) is 1. The molecule has 2 aromatic carbocycles. The van der Waals surface area contributed by atoms with Crippen molar-refractivity contribution >= 4 is 23.2 Å². The largest absolute Gasteiger partial charge is 0.489 e. The number of para-hydroxylation sites is 1. The van der Waals surface area contributed by atoms with E-state index in [1.807, 2.05) is 0 Å². The van der Waals surface area contributed by atoms with E-state index in [2.05, 4.69) is 0 Å². The molecule has 0 aliphatic carbocycles. The molecule has 4 nitrogen and oxygen atoms in total. The van der Waals surface area contributed by atoms with Crippen molar-refractivity contribution in [1.29, 1.82) is 0 Å². The highest BCUT2D eigenvalue weighted by atomic mass is 35.5. The number of fused-ring (bicyclic) bond motifs is 1. The van der Waals surface area contributed by atoms with Gasteiger partial charge in [0.1, 0.15) is 17.3 Å². The Morgan fingerprint density at radius 3 is 2.60 bits per heavy atom. The van der Waals surface area contributed by atoms with E-state index in [0.717, 1.165) is 23.5 Å². The fourth-order valence-corrected chi connectivity index (χ4v) is 2.90. The number of carbonyl (C=O) groups is 1. The quantitative estimate of drug-likeness (QED) is 0.823. The Morgan fingerprint density at radius 2 is 1.88 bits per heavy atom. The highest BCUT2D eigenvalue weighted by Crippen LogP contribution is 2.38. The van der Waals surface area contributed by atoms with Crippen LogP contribution in [0.4, 0.5) is 14.5 Å². The Kier molecular flexibility index (Phi) is 5.08. The number of anilines is 1. The Bertz CT molecular complexity index is 793. The van der Waals surface area contributed by atoms with Crippen LogP contribution in [0, 0.1) is 11.6 Å². The minimum Gasteiger partial charge on any atom is -0.489 e. The Labute approximate surface area is 148 Å². The fourth-order valence-electron chi connectivity index (χ4n) is 2.61. The summed E-state index contributed by atoms with van der Waals surface area (Å²) < 4.78 is 38.8. The molecule has 0 aromatic heterocycles. The maximum atomic E-state index is 13.8. The summed E-state index contributed by atoms with van der Waals surface area (Å²) in [5.74, 6) is -1.16. The molecule has 0 bridgehead atoms. The molecule has 7 heteroatoms. The van der Waals surface area contributed by atoms with Gasteiger partial charge in [0, 0.05) is 13.5 Å². The van der Waals surface area contributed by atoms with Crippen molar-refractivity contribution in [2.45, 2.75) is 12.8 Å². The summed E-state index contributed by atoms with van der Waals surface area (Å²) in [6, 6.07) is 6.71. The molecule has 1 amide bonds. The number of hydrogen-bond donors (Lipinski definition) is 0. The van der Waals surface area contributed by atoms with Crippen LogP contribution >= 0.6 is 11.6 Å². The second-order valence-electron chi connectivity index (χ2n) is 5.66. The summed E-state index contributed by atoms with van der Waals surface area (Å²) in [6.07, 6.45) is 0.648. The lowest BCUT2D eigenvalue weighted by Crippen LogP contribution is -2.29. The average Bonchev–Trinajstić information content (AvgIpc) is 2.80. The standard InChI is InChI=1S/C18H16ClF2NO3/c1-22(17-13(20)4-2-5-14(17)21)16(23)10-11-8-12(19)18-15(9-11)24-6-3-7-25-18/h2,4-5,8-9H,3,6-7,10H2,1H3. The van der Waals surface area contributed by atoms with Crippen molar-refractivity contribution in [3.8, 4) is 11.5 Å². The number of rotatable bonds is 3. The zero-order chi connectivity index (χ0) is 18.0. The fraction of sp³-hybridized carbons (Fsp3) is 0.278. The summed E-state index contributed by atoms with van der Waals surface area (Å²) in [5.41, 5.74) is 0.191. The second kappa shape index (κ2) is 7.27. The first kappa shape index (κ1) is 17.5. The van der Waals surface area contributed by atoms with E-state index >= 15 is 0 Å². The topological polar surface area (TPSA) is 38.8 Å². The van der Waals surface area contributed by atoms with Crippen molar-refractivity contribution in [2.24, 2.45) is 0 Å². The van der Waals surface area contributed by atoms with Gasteiger partial charge in [0.2, 0.25) is 5.91 Å². The second-order valence-corrected chi connectivity index (χ2v) is 6.06. The van der Waals surface area contributed by atoms with Gasteiger partial charge in [0.15, 0.2) is 11.5 Å². The molecule has 0 radical (unpaired) electrons. The third kappa shape index (κ3) is 3.69. The Hall–Kier alpha value is -2.34. The van der Waals surface area contributed by atoms with E-state index in [1.165, 1.54) is 13.1 Å². The van der Waals surface area contributed by atoms with Crippen molar-refractivity contribution in [3.05, 3.63) is 52.6 Å². The van der Waals surface area contributed by atoms with E-state index in [9.17, 15) is 13.6 Å². The molecule has 1 aliphatic heterocycles. The van der Waals surface area contributed by atoms with Gasteiger partial charge in [-0.15, -0.1) is 0 Å². The molecule has 3 rings (SSSR count). The SMILES string of the molecule is CN(C(=O)Cc1cc(Cl)c2c(c1)OCCCO2)c1c(F)cccc1F. The van der Waals surface area contributed by atoms with E-state index in [-0.39, 0.29) is 12.1 Å². The maximum Gasteiger partial charge on any atom is 0.231 e. The summed E-state index contributed by atoms with van der Waals surface area (Å²) in [4.78, 5) is 13.4. The number of hydrogen-bond acceptors (Lipinski definition) is 3. The van der Waals surface area contributed by atoms with Crippen LogP contribution in [0.15, 0.2) is 30.3 Å². The predicted octanol–water partition coefficient (Wildman–Crippen LogP) is 3.99. The van der Waals surface area contributed by atoms with Crippen LogP contribution in [-0.2, 0) is 11.2 Å². The lowest BCUT2D eigenvalue weighted by Gasteiger charge is -2.19. The molecular formula is C18H16ClF2NO3. The number of amides is 1. The molecule has 0 unspecified atom stereocenters. The molecule has 1 aliphatic rings. The van der Waals surface area contributed by atoms with Crippen LogP contribution in [0.5, 0.6) is 11.5 Å². The van der Waals surface area contributed by atoms with Crippen LogP contribution in [0.2, 0.25) is 5.02 Å². The van der Waals surface area contributed by atoms with Gasteiger partial charge in [-0.05, 0) is 29.8 Å². The molecule has 1 heterocycles. The maximum absolute atomic E-state index is 13.8. The number of nitrogens with zero attached hydrogens (tertiary/aromatic N) is 1. The minimum absolute atomic E-state index is 0.0827. The summed E-state index contributed by atoms with van der Waals surface area (Å²) >= 11 is 6.20. The monoisotopic (exact) mass is 367 g/mol. The van der Waals surface area contributed by atoms with Gasteiger partial charge in [-0.3, -0.25) is 4.79 Å². The van der Waals surface area contributed by atoms with Crippen molar-refractivity contribution in [2.75, 3.05) is 25.2 Å². The van der Waals surface area contributed by atoms with Gasteiger partial charge in [0.25, 0.3) is 0 Å². The van der Waals surface area contributed by atoms with Gasteiger partial charge >= 0.3 is 0 Å². The van der Waals surface area contributed by atoms with Gasteiger partial charge in [-0.2, -0.15) is 0 Å². The Morgan fingerprint density at radius 1 is 1.20 bits per heavy atom. The number of carbonyl (C=O) groups excluding carboxylic acids is 1. The molecule has 0 spiro atoms. The van der Waals surface area contributed by atoms with Crippen LogP contribution in [0.1, 0.15) is 12.0 Å². The molecule has 0 saturated carbocycles. The molecule has 2 aromatic rings. The van der Waals surface area contributed by atoms with Crippen LogP contribution in [0.25, 0.3) is 0 Å². The number of benzene rings is 2. The minimum atomic E-state index is -0.799. The van der Waals surface area contributed by atoms with Gasteiger partial charge < -0.3 is 14.4 Å². The van der Waals surface area contributed by atoms with Crippen molar-refractivity contribution in [1.82, 2.24) is 0 Å². The normalized spacial score (nSPS) is 13.3. The van der Waals surface area contributed by atoms with Crippen LogP contribution < -0.4 is 14.4 Å². The first-order valence-electron chi connectivity index (χ1n) is 7.76. The molecule has 0 fully saturated rings. The summed E-state index contributed by atoms with van der Waals surface area (Å²) in [5, 5.41) is 0.335. The van der Waals surface area contributed by atoms with Gasteiger partial charge in [-0.1, -0.05) is 17.7 Å². The van der Waals surface area contributed by atoms with E-state index in [1.54, 1.807) is 12.1 Å². The molecule has 132 valence electrons. The number of halogens is 3. The van der Waals surface area contributed by atoms with Gasteiger partial charge in [-0.25, -0.2) is 8.78 Å². The number of ether oxygens (including phenoxy) is 2. The van der Waals surface area contributed by atoms with E-state index in [0.29, 0.717) is 35.3 Å². The van der Waals surface area contributed by atoms with Crippen LogP contribution in [0.3, 0.4) is 0 Å². The smallest absolute Gasteiger partial charge is 0.231 e.